The Labute approximate surface area is 140 Å². The number of nitrogens with one attached hydrogen (secondary N) is 2. The molecule has 1 atom stereocenters. The number of thioether (sulfide) groups is 1. The van der Waals surface area contributed by atoms with Crippen molar-refractivity contribution in [1.29, 1.82) is 0 Å². The fraction of sp³-hybridized carbons (Fsp3) is 0.188. The molecule has 0 saturated heterocycles. The zero-order chi connectivity index (χ0) is 17.1. The first kappa shape index (κ1) is 16.3. The van der Waals surface area contributed by atoms with Gasteiger partial charge in [0, 0.05) is 0 Å². The van der Waals surface area contributed by atoms with E-state index in [0.29, 0.717) is 16.4 Å². The van der Waals surface area contributed by atoms with Gasteiger partial charge in [-0.3, -0.25) is 9.59 Å². The maximum atomic E-state index is 13.2. The van der Waals surface area contributed by atoms with Gasteiger partial charge in [-0.05, 0) is 37.3 Å². The van der Waals surface area contributed by atoms with Crippen molar-refractivity contribution >= 4 is 28.6 Å². The van der Waals surface area contributed by atoms with Gasteiger partial charge in [0.1, 0.15) is 11.6 Å². The fourth-order valence-electron chi connectivity index (χ4n) is 2.10. The summed E-state index contributed by atoms with van der Waals surface area (Å²) in [7, 11) is 0. The number of hydrogen-bond acceptors (Lipinski definition) is 5. The number of hydrogen-bond donors (Lipinski definition) is 2. The lowest BCUT2D eigenvalue weighted by Crippen LogP contribution is -2.30. The molecule has 3 aromatic rings. The largest absolute Gasteiger partial charge is 0.467 e. The monoisotopic (exact) mass is 347 g/mol. The lowest BCUT2D eigenvalue weighted by atomic mass is 10.2. The van der Waals surface area contributed by atoms with Crippen molar-refractivity contribution in [2.24, 2.45) is 0 Å². The number of carbonyl (C=O) groups excluding carboxylic acids is 1. The maximum Gasteiger partial charge on any atom is 0.259 e. The van der Waals surface area contributed by atoms with Crippen molar-refractivity contribution < 1.29 is 13.6 Å². The minimum absolute atomic E-state index is 0.175. The third-order valence-corrected chi connectivity index (χ3v) is 4.30. The second-order valence-corrected chi connectivity index (χ2v) is 6.42. The number of rotatable bonds is 5. The average molecular weight is 347 g/mol. The summed E-state index contributed by atoms with van der Waals surface area (Å²) in [5.41, 5.74) is -0.0592. The number of nitrogens with zero attached hydrogens (tertiary/aromatic N) is 1. The van der Waals surface area contributed by atoms with Crippen molar-refractivity contribution in [2.45, 2.75) is 23.9 Å². The first-order chi connectivity index (χ1) is 11.5. The van der Waals surface area contributed by atoms with Crippen LogP contribution in [0.2, 0.25) is 0 Å². The Morgan fingerprint density at radius 2 is 2.29 bits per heavy atom. The molecule has 0 spiro atoms. The molecule has 0 aliphatic carbocycles. The minimum atomic E-state index is -0.499. The number of carbonyl (C=O) groups is 1. The van der Waals surface area contributed by atoms with Gasteiger partial charge in [0.2, 0.25) is 5.91 Å². The standard InChI is InChI=1S/C16H14FN3O3S/c1-9(14(21)18-8-11-3-2-6-23-11)24-16-19-13-5-4-10(17)7-12(13)15(22)20-16/h2-7,9H,8H2,1H3,(H,18,21)(H,19,20,22)/t9-/m0/s1. The fourth-order valence-corrected chi connectivity index (χ4v) is 2.93. The van der Waals surface area contributed by atoms with Crippen molar-refractivity contribution in [3.8, 4) is 0 Å². The van der Waals surface area contributed by atoms with Gasteiger partial charge in [0.05, 0.1) is 29.0 Å². The molecule has 0 radical (unpaired) electrons. The van der Waals surface area contributed by atoms with E-state index in [0.717, 1.165) is 17.8 Å². The van der Waals surface area contributed by atoms with Gasteiger partial charge in [-0.15, -0.1) is 0 Å². The number of H-pyrrole nitrogens is 1. The van der Waals surface area contributed by atoms with Crippen molar-refractivity contribution in [3.63, 3.8) is 0 Å². The predicted octanol–water partition coefficient (Wildman–Crippen LogP) is 2.45. The molecule has 1 amide bonds. The van der Waals surface area contributed by atoms with Crippen LogP contribution in [-0.4, -0.2) is 21.1 Å². The highest BCUT2D eigenvalue weighted by atomic mass is 32.2. The number of furan rings is 1. The van der Waals surface area contributed by atoms with Gasteiger partial charge in [0.25, 0.3) is 5.56 Å². The topological polar surface area (TPSA) is 88.0 Å². The van der Waals surface area contributed by atoms with Crippen LogP contribution >= 0.6 is 11.8 Å². The summed E-state index contributed by atoms with van der Waals surface area (Å²) in [6.45, 7) is 1.99. The van der Waals surface area contributed by atoms with Gasteiger partial charge >= 0.3 is 0 Å². The van der Waals surface area contributed by atoms with Crippen LogP contribution in [0.5, 0.6) is 0 Å². The highest BCUT2D eigenvalue weighted by Gasteiger charge is 2.16. The molecule has 1 aromatic carbocycles. The number of aromatic amines is 1. The molecule has 8 heteroatoms. The van der Waals surface area contributed by atoms with E-state index in [-0.39, 0.29) is 17.8 Å². The predicted molar refractivity (Wildman–Crippen MR) is 88.2 cm³/mol. The summed E-state index contributed by atoms with van der Waals surface area (Å²) in [6.07, 6.45) is 1.53. The summed E-state index contributed by atoms with van der Waals surface area (Å²) in [6, 6.07) is 7.31. The van der Waals surface area contributed by atoms with Crippen molar-refractivity contribution in [2.75, 3.05) is 0 Å². The van der Waals surface area contributed by atoms with E-state index in [4.69, 9.17) is 4.42 Å². The first-order valence-electron chi connectivity index (χ1n) is 7.19. The third-order valence-electron chi connectivity index (χ3n) is 3.32. The molecule has 3 rings (SSSR count). The smallest absolute Gasteiger partial charge is 0.259 e. The van der Waals surface area contributed by atoms with Gasteiger partial charge in [0.15, 0.2) is 5.16 Å². The van der Waals surface area contributed by atoms with Crippen LogP contribution in [0.15, 0.2) is 51.0 Å². The molecule has 124 valence electrons. The van der Waals surface area contributed by atoms with Gasteiger partial charge in [-0.2, -0.15) is 0 Å². The zero-order valence-electron chi connectivity index (χ0n) is 12.7. The van der Waals surface area contributed by atoms with Crippen molar-refractivity contribution in [1.82, 2.24) is 15.3 Å². The Hall–Kier alpha value is -2.61. The second kappa shape index (κ2) is 6.88. The summed E-state index contributed by atoms with van der Waals surface area (Å²) in [5, 5.41) is 2.75. The Kier molecular flexibility index (Phi) is 4.66. The summed E-state index contributed by atoms with van der Waals surface area (Å²) < 4.78 is 18.3. The quantitative estimate of drug-likeness (QED) is 0.547. The molecule has 0 bridgehead atoms. The van der Waals surface area contributed by atoms with Crippen LogP contribution in [0.4, 0.5) is 4.39 Å². The molecular weight excluding hydrogens is 333 g/mol. The molecule has 2 heterocycles. The molecule has 0 aliphatic heterocycles. The van der Waals surface area contributed by atoms with Crippen LogP contribution in [0.3, 0.4) is 0 Å². The van der Waals surface area contributed by atoms with Crippen LogP contribution in [-0.2, 0) is 11.3 Å². The molecule has 24 heavy (non-hydrogen) atoms. The lowest BCUT2D eigenvalue weighted by molar-refractivity contribution is -0.120. The van der Waals surface area contributed by atoms with E-state index in [9.17, 15) is 14.0 Å². The van der Waals surface area contributed by atoms with Gasteiger partial charge < -0.3 is 14.7 Å². The first-order valence-corrected chi connectivity index (χ1v) is 8.07. The molecule has 0 fully saturated rings. The minimum Gasteiger partial charge on any atom is -0.467 e. The number of aromatic nitrogens is 2. The van der Waals surface area contributed by atoms with E-state index in [2.05, 4.69) is 15.3 Å². The molecule has 2 aromatic heterocycles. The van der Waals surface area contributed by atoms with Crippen molar-refractivity contribution in [3.05, 3.63) is 58.5 Å². The van der Waals surface area contributed by atoms with Crippen LogP contribution in [0.1, 0.15) is 12.7 Å². The average Bonchev–Trinajstić information content (AvgIpc) is 3.07. The maximum absolute atomic E-state index is 13.2. The van der Waals surface area contributed by atoms with Gasteiger partial charge in [-0.25, -0.2) is 9.37 Å². The highest BCUT2D eigenvalue weighted by Crippen LogP contribution is 2.20. The Morgan fingerprint density at radius 1 is 1.46 bits per heavy atom. The zero-order valence-corrected chi connectivity index (χ0v) is 13.5. The Bertz CT molecular complexity index is 924. The molecule has 2 N–H and O–H groups in total. The van der Waals surface area contributed by atoms with E-state index in [1.165, 1.54) is 18.4 Å². The number of halogens is 1. The molecule has 0 saturated carbocycles. The number of benzene rings is 1. The van der Waals surface area contributed by atoms with E-state index in [1.54, 1.807) is 19.1 Å². The SMILES string of the molecule is C[C@H](Sc1nc2ccc(F)cc2c(=O)[nH]1)C(=O)NCc1ccco1. The third kappa shape index (κ3) is 3.65. The second-order valence-electron chi connectivity index (χ2n) is 5.09. The molecule has 6 nitrogen and oxygen atoms in total. The number of fused-ring (bicyclic) bond motifs is 1. The Balaban J connectivity index is 1.70. The van der Waals surface area contributed by atoms with E-state index in [1.807, 2.05) is 0 Å². The van der Waals surface area contributed by atoms with Crippen LogP contribution in [0, 0.1) is 5.82 Å². The van der Waals surface area contributed by atoms with E-state index >= 15 is 0 Å². The summed E-state index contributed by atoms with van der Waals surface area (Å²) >= 11 is 1.12. The van der Waals surface area contributed by atoms with Crippen LogP contribution < -0.4 is 10.9 Å². The summed E-state index contributed by atoms with van der Waals surface area (Å²) in [4.78, 5) is 30.9. The number of amides is 1. The normalized spacial score (nSPS) is 12.2. The molecule has 0 unspecified atom stereocenters. The van der Waals surface area contributed by atoms with Crippen LogP contribution in [0.25, 0.3) is 10.9 Å². The summed E-state index contributed by atoms with van der Waals surface area (Å²) in [5.74, 6) is -0.0565. The Morgan fingerprint density at radius 3 is 3.04 bits per heavy atom. The van der Waals surface area contributed by atoms with E-state index < -0.39 is 16.6 Å². The highest BCUT2D eigenvalue weighted by molar-refractivity contribution is 8.00. The molecular formula is C16H14FN3O3S. The lowest BCUT2D eigenvalue weighted by Gasteiger charge is -2.11. The van der Waals surface area contributed by atoms with Gasteiger partial charge in [-0.1, -0.05) is 11.8 Å². The molecule has 0 aliphatic rings.